The van der Waals surface area contributed by atoms with Crippen molar-refractivity contribution < 1.29 is 9.21 Å². The third-order valence-corrected chi connectivity index (χ3v) is 5.26. The monoisotopic (exact) mass is 305 g/mol. The topological polar surface area (TPSA) is 57.5 Å². The number of aryl methyl sites for hydroxylation is 2. The van der Waals surface area contributed by atoms with Crippen molar-refractivity contribution in [2.24, 2.45) is 0 Å². The van der Waals surface area contributed by atoms with Gasteiger partial charge in [0.2, 0.25) is 0 Å². The minimum atomic E-state index is -0.0640. The van der Waals surface area contributed by atoms with Crippen LogP contribution in [0.4, 0.5) is 4.79 Å². The van der Waals surface area contributed by atoms with Gasteiger partial charge in [-0.1, -0.05) is 6.42 Å². The molecule has 2 N–H and O–H groups in total. The van der Waals surface area contributed by atoms with Crippen LogP contribution in [0, 0.1) is 13.8 Å². The van der Waals surface area contributed by atoms with Crippen molar-refractivity contribution >= 4 is 6.03 Å². The van der Waals surface area contributed by atoms with Gasteiger partial charge in [0.15, 0.2) is 0 Å². The van der Waals surface area contributed by atoms with Crippen LogP contribution in [0.15, 0.2) is 10.5 Å². The van der Waals surface area contributed by atoms with Crippen LogP contribution in [-0.4, -0.2) is 36.1 Å². The van der Waals surface area contributed by atoms with Gasteiger partial charge in [0.1, 0.15) is 11.5 Å². The number of hydrogen-bond acceptors (Lipinski definition) is 3. The van der Waals surface area contributed by atoms with Gasteiger partial charge in [-0.2, -0.15) is 0 Å². The molecule has 0 radical (unpaired) electrons. The molecule has 2 fully saturated rings. The molecule has 2 aliphatic rings. The summed E-state index contributed by atoms with van der Waals surface area (Å²) >= 11 is 0. The lowest BCUT2D eigenvalue weighted by Crippen LogP contribution is -2.56. The second kappa shape index (κ2) is 6.32. The normalized spacial score (nSPS) is 28.4. The van der Waals surface area contributed by atoms with Crippen molar-refractivity contribution in [2.45, 2.75) is 70.6 Å². The molecule has 5 nitrogen and oxygen atoms in total. The molecule has 1 aromatic heterocycles. The zero-order valence-corrected chi connectivity index (χ0v) is 13.8. The number of carbonyl (C=O) groups excluding carboxylic acids is 1. The molecule has 2 saturated heterocycles. The molecular weight excluding hydrogens is 278 g/mol. The average Bonchev–Trinajstić information content (AvgIpc) is 2.76. The van der Waals surface area contributed by atoms with E-state index >= 15 is 0 Å². The van der Waals surface area contributed by atoms with Gasteiger partial charge in [0, 0.05) is 30.2 Å². The fraction of sp³-hybridized carbons (Fsp3) is 0.706. The maximum absolute atomic E-state index is 12.1. The molecule has 2 bridgehead atoms. The quantitative estimate of drug-likeness (QED) is 0.903. The maximum atomic E-state index is 12.1. The van der Waals surface area contributed by atoms with Gasteiger partial charge in [0.25, 0.3) is 0 Å². The molecule has 2 atom stereocenters. The Morgan fingerprint density at radius 3 is 2.59 bits per heavy atom. The second-order valence-electron chi connectivity index (χ2n) is 6.84. The number of urea groups is 1. The van der Waals surface area contributed by atoms with Gasteiger partial charge in [-0.3, -0.25) is 0 Å². The molecular formula is C17H27N3O2. The summed E-state index contributed by atoms with van der Waals surface area (Å²) in [6, 6.07) is 3.49. The zero-order valence-electron chi connectivity index (χ0n) is 13.8. The fourth-order valence-corrected chi connectivity index (χ4v) is 4.00. The van der Waals surface area contributed by atoms with E-state index in [4.69, 9.17) is 4.42 Å². The van der Waals surface area contributed by atoms with Crippen molar-refractivity contribution in [1.29, 1.82) is 0 Å². The molecule has 0 saturated carbocycles. The van der Waals surface area contributed by atoms with E-state index in [-0.39, 0.29) is 6.03 Å². The predicted molar refractivity (Wildman–Crippen MR) is 85.8 cm³/mol. The Morgan fingerprint density at radius 1 is 1.32 bits per heavy atom. The van der Waals surface area contributed by atoms with Crippen LogP contribution in [0.1, 0.15) is 49.2 Å². The summed E-state index contributed by atoms with van der Waals surface area (Å²) in [7, 11) is 2.23. The molecule has 122 valence electrons. The van der Waals surface area contributed by atoms with E-state index in [9.17, 15) is 4.79 Å². The molecule has 2 unspecified atom stereocenters. The van der Waals surface area contributed by atoms with Crippen molar-refractivity contribution in [1.82, 2.24) is 15.5 Å². The molecule has 5 heteroatoms. The van der Waals surface area contributed by atoms with Crippen molar-refractivity contribution in [3.05, 3.63) is 23.2 Å². The summed E-state index contributed by atoms with van der Waals surface area (Å²) in [5, 5.41) is 6.11. The van der Waals surface area contributed by atoms with Crippen LogP contribution in [0.3, 0.4) is 0 Å². The van der Waals surface area contributed by atoms with Gasteiger partial charge < -0.3 is 20.0 Å². The van der Waals surface area contributed by atoms with Crippen molar-refractivity contribution in [3.8, 4) is 0 Å². The van der Waals surface area contributed by atoms with Gasteiger partial charge in [0.05, 0.1) is 0 Å². The molecule has 3 rings (SSSR count). The summed E-state index contributed by atoms with van der Waals surface area (Å²) < 4.78 is 5.48. The van der Waals surface area contributed by atoms with Crippen LogP contribution in [0.5, 0.6) is 0 Å². The fourth-order valence-electron chi connectivity index (χ4n) is 4.00. The van der Waals surface area contributed by atoms with E-state index in [2.05, 4.69) is 22.6 Å². The summed E-state index contributed by atoms with van der Waals surface area (Å²) in [6.07, 6.45) is 6.01. The zero-order chi connectivity index (χ0) is 15.7. The van der Waals surface area contributed by atoms with E-state index in [0.29, 0.717) is 24.7 Å². The molecule has 1 aromatic rings. The Labute approximate surface area is 132 Å². The molecule has 0 aliphatic carbocycles. The minimum Gasteiger partial charge on any atom is -0.466 e. The highest BCUT2D eigenvalue weighted by molar-refractivity contribution is 5.74. The Kier molecular flexibility index (Phi) is 4.43. The number of hydrogen-bond donors (Lipinski definition) is 2. The first-order valence-electron chi connectivity index (χ1n) is 8.35. The van der Waals surface area contributed by atoms with Crippen molar-refractivity contribution in [2.75, 3.05) is 7.05 Å². The maximum Gasteiger partial charge on any atom is 0.315 e. The largest absolute Gasteiger partial charge is 0.466 e. The third kappa shape index (κ3) is 3.29. The lowest BCUT2D eigenvalue weighted by Gasteiger charge is -2.47. The Hall–Kier alpha value is -1.49. The highest BCUT2D eigenvalue weighted by Gasteiger charge is 2.36. The number of piperidine rings is 2. The average molecular weight is 305 g/mol. The Morgan fingerprint density at radius 2 is 2.00 bits per heavy atom. The smallest absolute Gasteiger partial charge is 0.315 e. The number of nitrogens with one attached hydrogen (secondary N) is 2. The third-order valence-electron chi connectivity index (χ3n) is 5.26. The summed E-state index contributed by atoms with van der Waals surface area (Å²) in [6.45, 7) is 4.38. The summed E-state index contributed by atoms with van der Waals surface area (Å²) in [5.74, 6) is 1.77. The Bertz CT molecular complexity index is 526. The summed E-state index contributed by atoms with van der Waals surface area (Å²) in [4.78, 5) is 14.6. The van der Waals surface area contributed by atoms with E-state index in [0.717, 1.165) is 29.9 Å². The highest BCUT2D eigenvalue weighted by atomic mass is 16.3. The molecule has 0 spiro atoms. The standard InChI is InChI=1S/C17H27N3O2/c1-11-7-13(12(2)22-11)10-18-17(21)19-14-8-15-5-4-6-16(9-14)20(15)3/h7,14-16H,4-6,8-10H2,1-3H3,(H2,18,19,21). The number of furan rings is 1. The molecule has 2 amide bonds. The molecule has 3 heterocycles. The lowest BCUT2D eigenvalue weighted by molar-refractivity contribution is 0.0509. The summed E-state index contributed by atoms with van der Waals surface area (Å²) in [5.41, 5.74) is 1.05. The number of rotatable bonds is 3. The van der Waals surface area contributed by atoms with Crippen molar-refractivity contribution in [3.63, 3.8) is 0 Å². The number of nitrogens with zero attached hydrogens (tertiary/aromatic N) is 1. The van der Waals surface area contributed by atoms with Gasteiger partial charge in [-0.05, 0) is 52.6 Å². The number of fused-ring (bicyclic) bond motifs is 2. The second-order valence-corrected chi connectivity index (χ2v) is 6.84. The number of amides is 2. The van der Waals surface area contributed by atoms with Crippen LogP contribution >= 0.6 is 0 Å². The van der Waals surface area contributed by atoms with Gasteiger partial charge in [-0.25, -0.2) is 4.79 Å². The first kappa shape index (κ1) is 15.4. The lowest BCUT2D eigenvalue weighted by atomic mass is 9.82. The van der Waals surface area contributed by atoms with Crippen LogP contribution < -0.4 is 10.6 Å². The minimum absolute atomic E-state index is 0.0640. The van der Waals surface area contributed by atoms with E-state index in [1.54, 1.807) is 0 Å². The Balaban J connectivity index is 1.49. The number of carbonyl (C=O) groups is 1. The van der Waals surface area contributed by atoms with E-state index < -0.39 is 0 Å². The highest BCUT2D eigenvalue weighted by Crippen LogP contribution is 2.32. The molecule has 0 aromatic carbocycles. The predicted octanol–water partition coefficient (Wildman–Crippen LogP) is 2.71. The van der Waals surface area contributed by atoms with Crippen LogP contribution in [0.2, 0.25) is 0 Å². The first-order chi connectivity index (χ1) is 10.5. The van der Waals surface area contributed by atoms with Crippen LogP contribution in [0.25, 0.3) is 0 Å². The van der Waals surface area contributed by atoms with Gasteiger partial charge in [-0.15, -0.1) is 0 Å². The SMILES string of the molecule is Cc1cc(CNC(=O)NC2CC3CCCC(C2)N3C)c(C)o1. The molecule has 2 aliphatic heterocycles. The van der Waals surface area contributed by atoms with E-state index in [1.807, 2.05) is 19.9 Å². The molecule has 22 heavy (non-hydrogen) atoms. The van der Waals surface area contributed by atoms with E-state index in [1.165, 1.54) is 19.3 Å². The first-order valence-corrected chi connectivity index (χ1v) is 8.35. The van der Waals surface area contributed by atoms with Crippen LogP contribution in [-0.2, 0) is 6.54 Å². The van der Waals surface area contributed by atoms with Gasteiger partial charge >= 0.3 is 6.03 Å².